The molecule has 2 aromatic rings. The summed E-state index contributed by atoms with van der Waals surface area (Å²) in [6.45, 7) is 8.22. The monoisotopic (exact) mass is 339 g/mol. The summed E-state index contributed by atoms with van der Waals surface area (Å²) >= 11 is 0. The molecule has 0 aliphatic rings. The lowest BCUT2D eigenvalue weighted by Gasteiger charge is -2.26. The molecule has 5 nitrogen and oxygen atoms in total. The second-order valence-electron chi connectivity index (χ2n) is 6.82. The minimum atomic E-state index is -0.257. The molecule has 0 radical (unpaired) electrons. The third-order valence-electron chi connectivity index (χ3n) is 3.99. The number of aryl methyl sites for hydroxylation is 1. The number of urea groups is 1. The molecule has 0 spiro atoms. The maximum atomic E-state index is 12.1. The highest BCUT2D eigenvalue weighted by Crippen LogP contribution is 2.22. The van der Waals surface area contributed by atoms with Crippen LogP contribution in [0.1, 0.15) is 31.9 Å². The molecule has 132 valence electrons. The van der Waals surface area contributed by atoms with Gasteiger partial charge < -0.3 is 16.0 Å². The third kappa shape index (κ3) is 5.64. The lowest BCUT2D eigenvalue weighted by molar-refractivity contribution is -0.114. The molecule has 0 atom stereocenters. The average Bonchev–Trinajstić information content (AvgIpc) is 2.55. The van der Waals surface area contributed by atoms with Crippen molar-refractivity contribution in [2.45, 2.75) is 33.1 Å². The molecule has 0 heterocycles. The molecule has 2 aromatic carbocycles. The van der Waals surface area contributed by atoms with Crippen LogP contribution >= 0.6 is 0 Å². The average molecular weight is 339 g/mol. The van der Waals surface area contributed by atoms with E-state index in [9.17, 15) is 9.59 Å². The van der Waals surface area contributed by atoms with Gasteiger partial charge in [0.05, 0.1) is 0 Å². The molecule has 5 heteroatoms. The topological polar surface area (TPSA) is 70.2 Å². The Kier molecular flexibility index (Phi) is 5.80. The Morgan fingerprint density at radius 2 is 1.40 bits per heavy atom. The van der Waals surface area contributed by atoms with Crippen LogP contribution in [0.3, 0.4) is 0 Å². The SMILES string of the molecule is CC(=O)Nc1ccc(NC(=O)NCC(C)(C)c2ccc(C)cc2)cc1. The Bertz CT molecular complexity index is 735. The van der Waals surface area contributed by atoms with Gasteiger partial charge >= 0.3 is 6.03 Å². The predicted molar refractivity (Wildman–Crippen MR) is 102 cm³/mol. The largest absolute Gasteiger partial charge is 0.337 e. The summed E-state index contributed by atoms with van der Waals surface area (Å²) in [7, 11) is 0. The van der Waals surface area contributed by atoms with Crippen LogP contribution in [0.25, 0.3) is 0 Å². The van der Waals surface area contributed by atoms with E-state index in [0.717, 1.165) is 0 Å². The van der Waals surface area contributed by atoms with Crippen molar-refractivity contribution in [3.63, 3.8) is 0 Å². The Labute approximate surface area is 148 Å². The predicted octanol–water partition coefficient (Wildman–Crippen LogP) is 4.05. The molecule has 0 fully saturated rings. The van der Waals surface area contributed by atoms with Gasteiger partial charge in [0.1, 0.15) is 0 Å². The van der Waals surface area contributed by atoms with Gasteiger partial charge in [-0.05, 0) is 36.8 Å². The van der Waals surface area contributed by atoms with Crippen molar-refractivity contribution in [2.24, 2.45) is 0 Å². The van der Waals surface area contributed by atoms with Crippen LogP contribution in [-0.4, -0.2) is 18.5 Å². The van der Waals surface area contributed by atoms with E-state index in [4.69, 9.17) is 0 Å². The number of anilines is 2. The van der Waals surface area contributed by atoms with Gasteiger partial charge in [-0.2, -0.15) is 0 Å². The summed E-state index contributed by atoms with van der Waals surface area (Å²) in [6, 6.07) is 15.1. The Balaban J connectivity index is 1.89. The summed E-state index contributed by atoms with van der Waals surface area (Å²) in [6.07, 6.45) is 0. The Hall–Kier alpha value is -2.82. The van der Waals surface area contributed by atoms with Crippen LogP contribution < -0.4 is 16.0 Å². The Morgan fingerprint density at radius 3 is 1.92 bits per heavy atom. The highest BCUT2D eigenvalue weighted by molar-refractivity contribution is 5.91. The minimum Gasteiger partial charge on any atom is -0.337 e. The zero-order valence-electron chi connectivity index (χ0n) is 15.1. The first-order valence-corrected chi connectivity index (χ1v) is 8.26. The second-order valence-corrected chi connectivity index (χ2v) is 6.82. The maximum Gasteiger partial charge on any atom is 0.319 e. The molecule has 0 saturated carbocycles. The number of hydrogen-bond donors (Lipinski definition) is 3. The van der Waals surface area contributed by atoms with E-state index in [1.54, 1.807) is 24.3 Å². The Morgan fingerprint density at radius 1 is 0.880 bits per heavy atom. The van der Waals surface area contributed by atoms with Crippen LogP contribution in [0.2, 0.25) is 0 Å². The second kappa shape index (κ2) is 7.83. The molecular weight excluding hydrogens is 314 g/mol. The lowest BCUT2D eigenvalue weighted by Crippen LogP contribution is -2.38. The summed E-state index contributed by atoms with van der Waals surface area (Å²) in [5.74, 6) is -0.128. The minimum absolute atomic E-state index is 0.128. The van der Waals surface area contributed by atoms with E-state index in [-0.39, 0.29) is 17.4 Å². The van der Waals surface area contributed by atoms with Gasteiger partial charge in [0.2, 0.25) is 5.91 Å². The zero-order chi connectivity index (χ0) is 18.4. The lowest BCUT2D eigenvalue weighted by atomic mass is 9.84. The quantitative estimate of drug-likeness (QED) is 0.769. The fraction of sp³-hybridized carbons (Fsp3) is 0.300. The normalized spacial score (nSPS) is 10.9. The van der Waals surface area contributed by atoms with Crippen LogP contribution in [0.5, 0.6) is 0 Å². The van der Waals surface area contributed by atoms with E-state index in [2.05, 4.69) is 61.0 Å². The van der Waals surface area contributed by atoms with Crippen LogP contribution in [-0.2, 0) is 10.2 Å². The van der Waals surface area contributed by atoms with Gasteiger partial charge in [-0.15, -0.1) is 0 Å². The van der Waals surface area contributed by atoms with Gasteiger partial charge in [-0.25, -0.2) is 4.79 Å². The number of benzene rings is 2. The smallest absolute Gasteiger partial charge is 0.319 e. The molecule has 2 rings (SSSR count). The molecule has 3 amide bonds. The van der Waals surface area contributed by atoms with Crippen molar-refractivity contribution < 1.29 is 9.59 Å². The summed E-state index contributed by atoms with van der Waals surface area (Å²) < 4.78 is 0. The number of nitrogens with one attached hydrogen (secondary N) is 3. The molecule has 3 N–H and O–H groups in total. The molecule has 0 unspecified atom stereocenters. The van der Waals surface area contributed by atoms with Crippen molar-refractivity contribution >= 4 is 23.3 Å². The van der Waals surface area contributed by atoms with Crippen molar-refractivity contribution in [3.05, 3.63) is 59.7 Å². The fourth-order valence-electron chi connectivity index (χ4n) is 2.42. The standard InChI is InChI=1S/C20H25N3O2/c1-14-5-7-16(8-6-14)20(3,4)13-21-19(25)23-18-11-9-17(10-12-18)22-15(2)24/h5-12H,13H2,1-4H3,(H,22,24)(H2,21,23,25). The number of hydrogen-bond acceptors (Lipinski definition) is 2. The first-order chi connectivity index (χ1) is 11.8. The summed E-state index contributed by atoms with van der Waals surface area (Å²) in [4.78, 5) is 23.1. The van der Waals surface area contributed by atoms with Crippen molar-refractivity contribution in [1.82, 2.24) is 5.32 Å². The van der Waals surface area contributed by atoms with Gasteiger partial charge in [0, 0.05) is 30.3 Å². The van der Waals surface area contributed by atoms with Gasteiger partial charge in [-0.3, -0.25) is 4.79 Å². The summed E-state index contributed by atoms with van der Waals surface area (Å²) in [5.41, 5.74) is 3.59. The molecule has 0 saturated heterocycles. The van der Waals surface area contributed by atoms with Gasteiger partial charge in [0.15, 0.2) is 0 Å². The van der Waals surface area contributed by atoms with Gasteiger partial charge in [0.25, 0.3) is 0 Å². The molecule has 0 aliphatic carbocycles. The highest BCUT2D eigenvalue weighted by atomic mass is 16.2. The fourth-order valence-corrected chi connectivity index (χ4v) is 2.42. The summed E-state index contributed by atoms with van der Waals surface area (Å²) in [5, 5.41) is 8.39. The number of carbonyl (C=O) groups excluding carboxylic acids is 2. The van der Waals surface area contributed by atoms with Crippen LogP contribution in [0.15, 0.2) is 48.5 Å². The number of carbonyl (C=O) groups is 2. The molecular formula is C20H25N3O2. The van der Waals surface area contributed by atoms with E-state index in [0.29, 0.717) is 17.9 Å². The number of rotatable bonds is 5. The number of amides is 3. The molecule has 0 aliphatic heterocycles. The van der Waals surface area contributed by atoms with E-state index in [1.165, 1.54) is 18.1 Å². The van der Waals surface area contributed by atoms with Crippen LogP contribution in [0, 0.1) is 6.92 Å². The molecule has 25 heavy (non-hydrogen) atoms. The first kappa shape index (κ1) is 18.5. The molecule has 0 bridgehead atoms. The highest BCUT2D eigenvalue weighted by Gasteiger charge is 2.21. The first-order valence-electron chi connectivity index (χ1n) is 8.26. The van der Waals surface area contributed by atoms with E-state index in [1.807, 2.05) is 0 Å². The maximum absolute atomic E-state index is 12.1. The van der Waals surface area contributed by atoms with Crippen LogP contribution in [0.4, 0.5) is 16.2 Å². The third-order valence-corrected chi connectivity index (χ3v) is 3.99. The van der Waals surface area contributed by atoms with Crippen molar-refractivity contribution in [3.8, 4) is 0 Å². The zero-order valence-corrected chi connectivity index (χ0v) is 15.1. The molecule has 0 aromatic heterocycles. The van der Waals surface area contributed by atoms with Crippen molar-refractivity contribution in [1.29, 1.82) is 0 Å². The van der Waals surface area contributed by atoms with E-state index >= 15 is 0 Å². The van der Waals surface area contributed by atoms with E-state index < -0.39 is 0 Å². The van der Waals surface area contributed by atoms with Gasteiger partial charge in [-0.1, -0.05) is 43.7 Å². The van der Waals surface area contributed by atoms with Crippen molar-refractivity contribution in [2.75, 3.05) is 17.2 Å².